The van der Waals surface area contributed by atoms with Crippen molar-refractivity contribution in [1.29, 1.82) is 0 Å². The van der Waals surface area contributed by atoms with Gasteiger partial charge in [-0.2, -0.15) is 0 Å². The Kier molecular flexibility index (Phi) is 3.39. The van der Waals surface area contributed by atoms with E-state index < -0.39 is 8.24 Å². The number of hydrogen-bond donors (Lipinski definition) is 0. The van der Waals surface area contributed by atoms with Gasteiger partial charge in [0.2, 0.25) is 0 Å². The molecule has 0 amide bonds. The third kappa shape index (κ3) is 1.95. The van der Waals surface area contributed by atoms with Gasteiger partial charge in [-0.15, -0.1) is 0 Å². The second-order valence-electron chi connectivity index (χ2n) is 6.32. The van der Waals surface area contributed by atoms with Crippen LogP contribution >= 0.6 is 0 Å². The van der Waals surface area contributed by atoms with E-state index >= 15 is 0 Å². The van der Waals surface area contributed by atoms with Crippen molar-refractivity contribution in [2.45, 2.75) is 53.6 Å². The first-order valence-corrected chi connectivity index (χ1v) is 9.96. The molecule has 17 heavy (non-hydrogen) atoms. The van der Waals surface area contributed by atoms with Gasteiger partial charge in [-0.25, -0.2) is 0 Å². The average molecular weight is 249 g/mol. The van der Waals surface area contributed by atoms with Crippen LogP contribution in [-0.2, 0) is 0 Å². The van der Waals surface area contributed by atoms with Crippen molar-refractivity contribution in [3.8, 4) is 0 Å². The molecular weight excluding hydrogens is 222 g/mol. The molecule has 0 radical (unpaired) electrons. The molecule has 2 aliphatic rings. The predicted molar refractivity (Wildman–Crippen MR) is 78.5 cm³/mol. The summed E-state index contributed by atoms with van der Waals surface area (Å²) in [6.45, 7) is 17.2. The van der Waals surface area contributed by atoms with Crippen molar-refractivity contribution in [2.75, 3.05) is 13.1 Å². The third-order valence-electron chi connectivity index (χ3n) is 5.20. The molecule has 96 valence electrons. The zero-order valence-electron chi connectivity index (χ0n) is 12.4. The molecule has 0 spiro atoms. The molecular formula is C15H27NSi. The number of nitrogens with zero attached hydrogens (tertiary/aromatic N) is 1. The second-order valence-corrected chi connectivity index (χ2v) is 10.6. The van der Waals surface area contributed by atoms with Crippen LogP contribution in [0.1, 0.15) is 40.5 Å². The van der Waals surface area contributed by atoms with Gasteiger partial charge in [-0.1, -0.05) is 36.4 Å². The van der Waals surface area contributed by atoms with E-state index in [4.69, 9.17) is 0 Å². The van der Waals surface area contributed by atoms with E-state index in [2.05, 4.69) is 45.4 Å². The van der Waals surface area contributed by atoms with E-state index in [9.17, 15) is 0 Å². The molecule has 1 unspecified atom stereocenters. The Hall–Kier alpha value is -0.343. The Morgan fingerprint density at radius 3 is 1.94 bits per heavy atom. The van der Waals surface area contributed by atoms with Crippen LogP contribution in [-0.4, -0.2) is 25.9 Å². The fourth-order valence-corrected chi connectivity index (χ4v) is 7.96. The van der Waals surface area contributed by atoms with Crippen LogP contribution in [0.2, 0.25) is 13.1 Å². The van der Waals surface area contributed by atoms with Crippen LogP contribution < -0.4 is 0 Å². The first-order valence-electron chi connectivity index (χ1n) is 7.01. The van der Waals surface area contributed by atoms with E-state index in [1.54, 1.807) is 21.9 Å². The Balaban J connectivity index is 2.35. The molecule has 1 heterocycles. The molecule has 0 aromatic carbocycles. The molecule has 0 aromatic heterocycles. The Morgan fingerprint density at radius 2 is 1.53 bits per heavy atom. The monoisotopic (exact) mass is 249 g/mol. The zero-order chi connectivity index (χ0) is 12.8. The molecule has 2 rings (SSSR count). The Morgan fingerprint density at radius 1 is 1.00 bits per heavy atom. The van der Waals surface area contributed by atoms with Crippen molar-refractivity contribution >= 4 is 8.24 Å². The molecule has 1 nitrogen and oxygen atoms in total. The highest BCUT2D eigenvalue weighted by Crippen LogP contribution is 2.42. The topological polar surface area (TPSA) is 3.24 Å². The van der Waals surface area contributed by atoms with Crippen LogP contribution in [0.3, 0.4) is 0 Å². The predicted octanol–water partition coefficient (Wildman–Crippen LogP) is 4.13. The van der Waals surface area contributed by atoms with Gasteiger partial charge in [-0.3, -0.25) is 0 Å². The highest BCUT2D eigenvalue weighted by atomic mass is 28.3. The first kappa shape index (κ1) is 13.1. The van der Waals surface area contributed by atoms with Crippen molar-refractivity contribution in [2.24, 2.45) is 5.92 Å². The minimum atomic E-state index is -1.38. The van der Waals surface area contributed by atoms with Crippen molar-refractivity contribution < 1.29 is 0 Å². The maximum absolute atomic E-state index is 2.81. The summed E-state index contributed by atoms with van der Waals surface area (Å²) in [5, 5.41) is 1.80. The van der Waals surface area contributed by atoms with Gasteiger partial charge < -0.3 is 4.57 Å². The van der Waals surface area contributed by atoms with Gasteiger partial charge in [-0.05, 0) is 58.2 Å². The van der Waals surface area contributed by atoms with Gasteiger partial charge in [0.25, 0.3) is 0 Å². The quantitative estimate of drug-likeness (QED) is 0.665. The normalized spacial score (nSPS) is 27.5. The van der Waals surface area contributed by atoms with Gasteiger partial charge in [0.1, 0.15) is 0 Å². The van der Waals surface area contributed by atoms with Crippen molar-refractivity contribution in [3.63, 3.8) is 0 Å². The van der Waals surface area contributed by atoms with E-state index in [0.29, 0.717) is 5.92 Å². The lowest BCUT2D eigenvalue weighted by Gasteiger charge is -2.37. The summed E-state index contributed by atoms with van der Waals surface area (Å²) in [5.41, 5.74) is 4.78. The van der Waals surface area contributed by atoms with E-state index in [-0.39, 0.29) is 0 Å². The standard InChI is InChI=1S/C15H27NSi/c1-11-12(2)14(4)15(13(11)3)17(5,6)16-9-7-8-10-16/h13H,7-10H2,1-6H3. The average Bonchev–Trinajstić information content (AvgIpc) is 2.85. The summed E-state index contributed by atoms with van der Waals surface area (Å²) in [5.74, 6) is 0.692. The molecule has 1 atom stereocenters. The van der Waals surface area contributed by atoms with Crippen LogP contribution in [0.5, 0.6) is 0 Å². The molecule has 0 saturated carbocycles. The summed E-state index contributed by atoms with van der Waals surface area (Å²) >= 11 is 0. The number of allylic oxidation sites excluding steroid dienone is 4. The Bertz CT molecular complexity index is 384. The minimum absolute atomic E-state index is 0.692. The highest BCUT2D eigenvalue weighted by Gasteiger charge is 2.41. The maximum atomic E-state index is 2.81. The summed E-state index contributed by atoms with van der Waals surface area (Å²) in [6, 6.07) is 0. The fourth-order valence-electron chi connectivity index (χ4n) is 3.80. The molecule has 0 aromatic rings. The van der Waals surface area contributed by atoms with Gasteiger partial charge in [0.05, 0.1) is 0 Å². The lowest BCUT2D eigenvalue weighted by atomic mass is 10.1. The lowest BCUT2D eigenvalue weighted by Crippen LogP contribution is -2.50. The molecule has 1 fully saturated rings. The largest absolute Gasteiger partial charge is 0.320 e. The highest BCUT2D eigenvalue weighted by molar-refractivity contribution is 6.82. The zero-order valence-corrected chi connectivity index (χ0v) is 13.4. The fraction of sp³-hybridized carbons (Fsp3) is 0.733. The maximum Gasteiger partial charge on any atom is 0.150 e. The Labute approximate surface area is 108 Å². The smallest absolute Gasteiger partial charge is 0.150 e. The lowest BCUT2D eigenvalue weighted by molar-refractivity contribution is 0.520. The molecule has 1 aliphatic carbocycles. The van der Waals surface area contributed by atoms with E-state index in [0.717, 1.165) is 0 Å². The molecule has 1 saturated heterocycles. The minimum Gasteiger partial charge on any atom is -0.320 e. The van der Waals surface area contributed by atoms with E-state index in [1.165, 1.54) is 25.9 Å². The number of hydrogen-bond acceptors (Lipinski definition) is 1. The van der Waals surface area contributed by atoms with Crippen LogP contribution in [0.4, 0.5) is 0 Å². The van der Waals surface area contributed by atoms with Crippen LogP contribution in [0, 0.1) is 5.92 Å². The second kappa shape index (κ2) is 4.40. The SMILES string of the molecule is CC1=C(C)C(C)C([Si](C)(C)N2CCCC2)=C1C. The van der Waals surface area contributed by atoms with Crippen LogP contribution in [0.25, 0.3) is 0 Å². The summed E-state index contributed by atoms with van der Waals surface area (Å²) in [7, 11) is -1.38. The van der Waals surface area contributed by atoms with E-state index in [1.807, 2.05) is 0 Å². The molecule has 2 heteroatoms. The van der Waals surface area contributed by atoms with Gasteiger partial charge >= 0.3 is 0 Å². The van der Waals surface area contributed by atoms with Crippen molar-refractivity contribution in [3.05, 3.63) is 21.9 Å². The van der Waals surface area contributed by atoms with Crippen molar-refractivity contribution in [1.82, 2.24) is 4.57 Å². The van der Waals surface area contributed by atoms with Crippen LogP contribution in [0.15, 0.2) is 21.9 Å². The molecule has 0 bridgehead atoms. The summed E-state index contributed by atoms with van der Waals surface area (Å²) < 4.78 is 2.81. The summed E-state index contributed by atoms with van der Waals surface area (Å²) in [4.78, 5) is 0. The number of rotatable bonds is 2. The summed E-state index contributed by atoms with van der Waals surface area (Å²) in [6.07, 6.45) is 2.81. The van der Waals surface area contributed by atoms with Gasteiger partial charge in [0.15, 0.2) is 8.24 Å². The first-order chi connectivity index (χ1) is 7.87. The third-order valence-corrected chi connectivity index (χ3v) is 9.35. The molecule has 0 N–H and O–H groups in total. The molecule has 1 aliphatic heterocycles. The van der Waals surface area contributed by atoms with Gasteiger partial charge in [0, 0.05) is 0 Å².